The molecule has 1 saturated carbocycles. The zero-order chi connectivity index (χ0) is 25.4. The van der Waals surface area contributed by atoms with Gasteiger partial charge < -0.3 is 14.9 Å². The molecule has 3 aromatic rings. The molecule has 1 N–H and O–H groups in total. The molecule has 0 aromatic heterocycles. The van der Waals surface area contributed by atoms with E-state index in [2.05, 4.69) is 41.0 Å². The lowest BCUT2D eigenvalue weighted by Crippen LogP contribution is -2.49. The van der Waals surface area contributed by atoms with E-state index in [1.54, 1.807) is 6.07 Å². The van der Waals surface area contributed by atoms with E-state index in [1.165, 1.54) is 50.0 Å². The minimum Gasteiger partial charge on any atom is -0.508 e. The van der Waals surface area contributed by atoms with Gasteiger partial charge in [0.05, 0.1) is 6.04 Å². The minimum atomic E-state index is -0.163. The molecule has 37 heavy (non-hydrogen) atoms. The van der Waals surface area contributed by atoms with Crippen LogP contribution in [0.15, 0.2) is 72.8 Å². The highest BCUT2D eigenvalue weighted by atomic mass is 16.3. The van der Waals surface area contributed by atoms with Crippen molar-refractivity contribution in [2.24, 2.45) is 5.92 Å². The lowest BCUT2D eigenvalue weighted by molar-refractivity contribution is 0.0541. The Morgan fingerprint density at radius 2 is 1.81 bits per heavy atom. The lowest BCUT2D eigenvalue weighted by Gasteiger charge is -2.44. The summed E-state index contributed by atoms with van der Waals surface area (Å²) in [5.41, 5.74) is 5.41. The van der Waals surface area contributed by atoms with Gasteiger partial charge in [0.15, 0.2) is 0 Å². The highest BCUT2D eigenvalue weighted by Gasteiger charge is 2.56. The van der Waals surface area contributed by atoms with Gasteiger partial charge in [-0.3, -0.25) is 4.79 Å². The summed E-state index contributed by atoms with van der Waals surface area (Å²) in [6, 6.07) is 24.3. The van der Waals surface area contributed by atoms with E-state index in [0.29, 0.717) is 5.75 Å². The summed E-state index contributed by atoms with van der Waals surface area (Å²) in [6.07, 6.45) is 7.73. The quantitative estimate of drug-likeness (QED) is 0.415. The second kappa shape index (κ2) is 9.98. The first-order valence-electron chi connectivity index (χ1n) is 14.1. The summed E-state index contributed by atoms with van der Waals surface area (Å²) >= 11 is 0. The molecule has 3 aromatic carbocycles. The zero-order valence-electron chi connectivity index (χ0n) is 21.9. The summed E-state index contributed by atoms with van der Waals surface area (Å²) in [5.74, 6) is 1.21. The van der Waals surface area contributed by atoms with Crippen LogP contribution in [0.1, 0.15) is 77.7 Å². The number of aryl methyl sites for hydroxylation is 1. The molecule has 2 heterocycles. The largest absolute Gasteiger partial charge is 0.508 e. The van der Waals surface area contributed by atoms with Crippen LogP contribution < -0.4 is 0 Å². The molecule has 2 atom stereocenters. The lowest BCUT2D eigenvalue weighted by atomic mass is 9.82. The van der Waals surface area contributed by atoms with Crippen molar-refractivity contribution in [3.05, 3.63) is 101 Å². The first kappa shape index (κ1) is 24.2. The van der Waals surface area contributed by atoms with Gasteiger partial charge in [-0.05, 0) is 110 Å². The van der Waals surface area contributed by atoms with Gasteiger partial charge in [-0.2, -0.15) is 0 Å². The molecule has 2 aliphatic heterocycles. The fourth-order valence-electron chi connectivity index (χ4n) is 6.71. The Morgan fingerprint density at radius 3 is 2.54 bits per heavy atom. The third-order valence-electron chi connectivity index (χ3n) is 8.82. The number of rotatable bonds is 7. The fourth-order valence-corrected chi connectivity index (χ4v) is 6.71. The number of benzene rings is 3. The molecule has 1 amide bonds. The first-order chi connectivity index (χ1) is 18.1. The monoisotopic (exact) mass is 494 g/mol. The Morgan fingerprint density at radius 1 is 1.03 bits per heavy atom. The van der Waals surface area contributed by atoms with E-state index in [4.69, 9.17) is 0 Å². The highest BCUT2D eigenvalue weighted by molar-refractivity contribution is 5.96. The highest BCUT2D eigenvalue weighted by Crippen LogP contribution is 2.55. The van der Waals surface area contributed by atoms with Gasteiger partial charge in [-0.25, -0.2) is 0 Å². The fraction of sp³-hybridized carbons (Fsp3) is 0.424. The summed E-state index contributed by atoms with van der Waals surface area (Å²) in [4.78, 5) is 18.8. The van der Waals surface area contributed by atoms with Gasteiger partial charge in [0.25, 0.3) is 5.91 Å². The number of phenols is 1. The summed E-state index contributed by atoms with van der Waals surface area (Å²) in [6.45, 7) is 5.99. The molecule has 6 rings (SSSR count). The molecule has 192 valence electrons. The maximum Gasteiger partial charge on any atom is 0.255 e. The van der Waals surface area contributed by atoms with Crippen LogP contribution in [-0.2, 0) is 12.8 Å². The predicted octanol–water partition coefficient (Wildman–Crippen LogP) is 6.38. The van der Waals surface area contributed by atoms with Gasteiger partial charge in [0.2, 0.25) is 0 Å². The summed E-state index contributed by atoms with van der Waals surface area (Å²) in [7, 11) is 0. The van der Waals surface area contributed by atoms with Gasteiger partial charge in [-0.1, -0.05) is 55.5 Å². The van der Waals surface area contributed by atoms with Crippen LogP contribution in [0.5, 0.6) is 5.75 Å². The number of likely N-dealkylation sites (tertiary alicyclic amines) is 1. The molecule has 4 nitrogen and oxygen atoms in total. The standard InChI is InChI=1S/C33H38N2O2/c1-2-19-34-20-16-25(23-34)9-8-24-10-12-26(13-11-24)31-30-15-14-29(36)21-28(30)22-33(17-18-33)35(31)32(37)27-6-4-3-5-7-27/h3-7,10-15,21,25,31,36H,2,8-9,16-20,22-23H2,1H3/t25-,31-/m1/s1. The van der Waals surface area contributed by atoms with Crippen LogP contribution in [0.25, 0.3) is 0 Å². The van der Waals surface area contributed by atoms with Crippen molar-refractivity contribution >= 4 is 5.91 Å². The number of nitrogens with zero attached hydrogens (tertiary/aromatic N) is 2. The van der Waals surface area contributed by atoms with Crippen molar-refractivity contribution in [1.82, 2.24) is 9.80 Å². The molecule has 2 fully saturated rings. The average Bonchev–Trinajstić information content (AvgIpc) is 3.53. The molecular weight excluding hydrogens is 456 g/mol. The van der Waals surface area contributed by atoms with Gasteiger partial charge >= 0.3 is 0 Å². The Bertz CT molecular complexity index is 1250. The Labute approximate surface area is 220 Å². The molecule has 4 heteroatoms. The van der Waals surface area contributed by atoms with E-state index in [1.807, 2.05) is 42.5 Å². The number of phenolic OH excluding ortho intramolecular Hbond substituents is 1. The number of carbonyl (C=O) groups excluding carboxylic acids is 1. The average molecular weight is 495 g/mol. The van der Waals surface area contributed by atoms with Gasteiger partial charge in [-0.15, -0.1) is 0 Å². The molecule has 0 bridgehead atoms. The van der Waals surface area contributed by atoms with E-state index in [9.17, 15) is 9.90 Å². The molecule has 1 saturated heterocycles. The second-order valence-corrected chi connectivity index (χ2v) is 11.5. The Hall–Kier alpha value is -3.11. The Balaban J connectivity index is 1.28. The van der Waals surface area contributed by atoms with Crippen LogP contribution in [0.4, 0.5) is 0 Å². The minimum absolute atomic E-state index is 0.101. The number of carbonyl (C=O) groups is 1. The van der Waals surface area contributed by atoms with E-state index in [0.717, 1.165) is 48.3 Å². The molecular formula is C33H38N2O2. The topological polar surface area (TPSA) is 43.8 Å². The second-order valence-electron chi connectivity index (χ2n) is 11.5. The van der Waals surface area contributed by atoms with Gasteiger partial charge in [0, 0.05) is 17.6 Å². The van der Waals surface area contributed by atoms with Crippen molar-refractivity contribution in [2.75, 3.05) is 19.6 Å². The first-order valence-corrected chi connectivity index (χ1v) is 14.1. The summed E-state index contributed by atoms with van der Waals surface area (Å²) < 4.78 is 0. The van der Waals surface area contributed by atoms with Crippen molar-refractivity contribution in [1.29, 1.82) is 0 Å². The van der Waals surface area contributed by atoms with Crippen molar-refractivity contribution in [3.63, 3.8) is 0 Å². The third kappa shape index (κ3) is 4.80. The third-order valence-corrected chi connectivity index (χ3v) is 8.82. The van der Waals surface area contributed by atoms with Crippen LogP contribution in [0.2, 0.25) is 0 Å². The Kier molecular flexibility index (Phi) is 6.54. The number of hydrogen-bond acceptors (Lipinski definition) is 3. The molecule has 3 aliphatic rings. The van der Waals surface area contributed by atoms with Crippen molar-refractivity contribution in [3.8, 4) is 5.75 Å². The van der Waals surface area contributed by atoms with Crippen LogP contribution >= 0.6 is 0 Å². The van der Waals surface area contributed by atoms with Crippen LogP contribution in [0.3, 0.4) is 0 Å². The van der Waals surface area contributed by atoms with Crippen molar-refractivity contribution < 1.29 is 9.90 Å². The maximum atomic E-state index is 14.0. The molecule has 0 unspecified atom stereocenters. The molecule has 1 aliphatic carbocycles. The SMILES string of the molecule is CCCN1CC[C@@H](CCc2ccc([C@@H]3c4ccc(O)cc4CC4(CC4)N3C(=O)c3ccccc3)cc2)C1. The van der Waals surface area contributed by atoms with Crippen LogP contribution in [0, 0.1) is 5.92 Å². The maximum absolute atomic E-state index is 14.0. The normalized spacial score (nSPS) is 22.2. The predicted molar refractivity (Wildman–Crippen MR) is 148 cm³/mol. The van der Waals surface area contributed by atoms with E-state index < -0.39 is 0 Å². The molecule has 1 spiro atoms. The van der Waals surface area contributed by atoms with E-state index >= 15 is 0 Å². The van der Waals surface area contributed by atoms with Crippen LogP contribution in [-0.4, -0.2) is 46.0 Å². The number of aromatic hydroxyl groups is 1. The zero-order valence-corrected chi connectivity index (χ0v) is 21.9. The smallest absolute Gasteiger partial charge is 0.255 e. The van der Waals surface area contributed by atoms with Crippen molar-refractivity contribution in [2.45, 2.75) is 63.5 Å². The van der Waals surface area contributed by atoms with Gasteiger partial charge in [0.1, 0.15) is 5.75 Å². The van der Waals surface area contributed by atoms with E-state index in [-0.39, 0.29) is 17.5 Å². The summed E-state index contributed by atoms with van der Waals surface area (Å²) in [5, 5.41) is 10.2. The number of fused-ring (bicyclic) bond motifs is 1. The number of amides is 1. The number of hydrogen-bond donors (Lipinski definition) is 1. The molecule has 0 radical (unpaired) electrons.